The second kappa shape index (κ2) is 8.71. The molecule has 8 nitrogen and oxygen atoms in total. The number of pyridine rings is 1. The fourth-order valence-electron chi connectivity index (χ4n) is 4.79. The van der Waals surface area contributed by atoms with Gasteiger partial charge in [-0.2, -0.15) is 5.10 Å². The SMILES string of the molecule is Nc1cc(C(=O)N2CC(c3nn(CC(=O)N4CC(F)(F)C[C@H]4CF)c4cc(F)cc(F)c34)C2)ccn1. The zero-order valence-corrected chi connectivity index (χ0v) is 18.8. The summed E-state index contributed by atoms with van der Waals surface area (Å²) in [4.78, 5) is 31.6. The van der Waals surface area contributed by atoms with Gasteiger partial charge in [-0.25, -0.2) is 26.9 Å². The van der Waals surface area contributed by atoms with Crippen LogP contribution in [0.5, 0.6) is 0 Å². The Balaban J connectivity index is 1.40. The highest BCUT2D eigenvalue weighted by Gasteiger charge is 2.47. The maximum atomic E-state index is 14.8. The van der Waals surface area contributed by atoms with Crippen LogP contribution in [0.3, 0.4) is 0 Å². The number of rotatable bonds is 5. The van der Waals surface area contributed by atoms with Crippen LogP contribution in [0.2, 0.25) is 0 Å². The summed E-state index contributed by atoms with van der Waals surface area (Å²) in [7, 11) is 0. The quantitative estimate of drug-likeness (QED) is 0.535. The Kier molecular flexibility index (Phi) is 5.80. The first-order valence-electron chi connectivity index (χ1n) is 11.2. The highest BCUT2D eigenvalue weighted by atomic mass is 19.3. The van der Waals surface area contributed by atoms with Crippen molar-refractivity contribution in [1.29, 1.82) is 0 Å². The molecule has 0 spiro atoms. The van der Waals surface area contributed by atoms with Gasteiger partial charge in [0.1, 0.15) is 30.7 Å². The molecule has 0 radical (unpaired) electrons. The summed E-state index contributed by atoms with van der Waals surface area (Å²) < 4.78 is 70.7. The molecule has 190 valence electrons. The van der Waals surface area contributed by atoms with E-state index in [2.05, 4.69) is 10.1 Å². The molecule has 0 unspecified atom stereocenters. The van der Waals surface area contributed by atoms with Gasteiger partial charge in [0.05, 0.1) is 29.2 Å². The molecular weight excluding hydrogens is 487 g/mol. The zero-order chi connectivity index (χ0) is 25.8. The highest BCUT2D eigenvalue weighted by Crippen LogP contribution is 2.36. The molecule has 0 bridgehead atoms. The lowest BCUT2D eigenvalue weighted by molar-refractivity contribution is -0.134. The molecule has 0 saturated carbocycles. The summed E-state index contributed by atoms with van der Waals surface area (Å²) >= 11 is 0. The molecule has 5 rings (SSSR count). The minimum Gasteiger partial charge on any atom is -0.384 e. The van der Waals surface area contributed by atoms with Gasteiger partial charge in [-0.05, 0) is 12.1 Å². The van der Waals surface area contributed by atoms with Crippen LogP contribution in [0.25, 0.3) is 10.9 Å². The van der Waals surface area contributed by atoms with Crippen molar-refractivity contribution in [2.75, 3.05) is 32.0 Å². The zero-order valence-electron chi connectivity index (χ0n) is 18.8. The van der Waals surface area contributed by atoms with E-state index in [0.29, 0.717) is 11.6 Å². The van der Waals surface area contributed by atoms with Gasteiger partial charge in [0, 0.05) is 49.3 Å². The molecule has 36 heavy (non-hydrogen) atoms. The number of nitrogens with two attached hydrogens (primary N) is 1. The number of nitrogens with zero attached hydrogens (tertiary/aromatic N) is 5. The number of nitrogen functional groups attached to an aromatic ring is 1. The van der Waals surface area contributed by atoms with E-state index in [-0.39, 0.29) is 41.4 Å². The van der Waals surface area contributed by atoms with E-state index in [0.717, 1.165) is 15.6 Å². The molecule has 2 aliphatic heterocycles. The van der Waals surface area contributed by atoms with Gasteiger partial charge in [0.2, 0.25) is 5.91 Å². The molecule has 1 atom stereocenters. The number of anilines is 1. The van der Waals surface area contributed by atoms with E-state index < -0.39 is 61.6 Å². The molecule has 2 fully saturated rings. The third-order valence-electron chi connectivity index (χ3n) is 6.54. The van der Waals surface area contributed by atoms with Crippen molar-refractivity contribution >= 4 is 28.5 Å². The van der Waals surface area contributed by atoms with Gasteiger partial charge in [-0.1, -0.05) is 0 Å². The molecule has 2 amide bonds. The first-order chi connectivity index (χ1) is 17.1. The predicted octanol–water partition coefficient (Wildman–Crippen LogP) is 2.74. The summed E-state index contributed by atoms with van der Waals surface area (Å²) in [6.45, 7) is -2.31. The third kappa shape index (κ3) is 4.22. The average Bonchev–Trinajstić information content (AvgIpc) is 3.29. The molecule has 0 aliphatic carbocycles. The van der Waals surface area contributed by atoms with Crippen molar-refractivity contribution in [3.05, 3.63) is 53.4 Å². The van der Waals surface area contributed by atoms with E-state index in [1.807, 2.05) is 0 Å². The molecule has 2 saturated heterocycles. The van der Waals surface area contributed by atoms with Crippen molar-refractivity contribution in [2.24, 2.45) is 0 Å². The normalized spacial score (nSPS) is 19.6. The first-order valence-corrected chi connectivity index (χ1v) is 11.2. The fourth-order valence-corrected chi connectivity index (χ4v) is 4.79. The monoisotopic (exact) mass is 508 g/mol. The van der Waals surface area contributed by atoms with Gasteiger partial charge >= 0.3 is 0 Å². The number of fused-ring (bicyclic) bond motifs is 1. The van der Waals surface area contributed by atoms with E-state index in [9.17, 15) is 31.5 Å². The molecule has 2 aromatic heterocycles. The van der Waals surface area contributed by atoms with Crippen LogP contribution < -0.4 is 5.73 Å². The Labute approximate surface area is 201 Å². The number of halogens is 5. The summed E-state index contributed by atoms with van der Waals surface area (Å²) in [6, 6.07) is 3.34. The van der Waals surface area contributed by atoms with Crippen molar-refractivity contribution < 1.29 is 31.5 Å². The molecule has 4 heterocycles. The maximum absolute atomic E-state index is 14.8. The Morgan fingerprint density at radius 2 is 1.92 bits per heavy atom. The minimum absolute atomic E-state index is 0.0248. The number of likely N-dealkylation sites (tertiary alicyclic amines) is 2. The summed E-state index contributed by atoms with van der Waals surface area (Å²) in [5, 5.41) is 4.28. The minimum atomic E-state index is -3.22. The van der Waals surface area contributed by atoms with Crippen LogP contribution in [-0.4, -0.2) is 74.7 Å². The van der Waals surface area contributed by atoms with Crippen molar-refractivity contribution in [1.82, 2.24) is 24.6 Å². The number of amides is 2. The Bertz CT molecular complexity index is 1360. The number of benzene rings is 1. The van der Waals surface area contributed by atoms with Crippen LogP contribution in [0.1, 0.15) is 28.4 Å². The van der Waals surface area contributed by atoms with Gasteiger partial charge in [-0.3, -0.25) is 14.3 Å². The largest absolute Gasteiger partial charge is 0.384 e. The summed E-state index contributed by atoms with van der Waals surface area (Å²) in [5.74, 6) is -6.41. The highest BCUT2D eigenvalue weighted by molar-refractivity contribution is 5.95. The average molecular weight is 508 g/mol. The van der Waals surface area contributed by atoms with Gasteiger partial charge < -0.3 is 15.5 Å². The number of carbonyl (C=O) groups is 2. The number of hydrogen-bond acceptors (Lipinski definition) is 5. The van der Waals surface area contributed by atoms with E-state index in [4.69, 9.17) is 5.73 Å². The smallest absolute Gasteiger partial charge is 0.267 e. The predicted molar refractivity (Wildman–Crippen MR) is 118 cm³/mol. The molecular formula is C23H21F5N6O2. The number of alkyl halides is 3. The molecule has 2 N–H and O–H groups in total. The van der Waals surface area contributed by atoms with Crippen molar-refractivity contribution in [3.8, 4) is 0 Å². The van der Waals surface area contributed by atoms with E-state index in [1.54, 1.807) is 0 Å². The lowest BCUT2D eigenvalue weighted by Crippen LogP contribution is -2.48. The second-order valence-electron chi connectivity index (χ2n) is 9.09. The lowest BCUT2D eigenvalue weighted by atomic mass is 9.93. The first kappa shape index (κ1) is 23.9. The van der Waals surface area contributed by atoms with E-state index in [1.165, 1.54) is 23.2 Å². The van der Waals surface area contributed by atoms with Crippen molar-refractivity contribution in [2.45, 2.75) is 30.8 Å². The van der Waals surface area contributed by atoms with Gasteiger partial charge in [-0.15, -0.1) is 0 Å². The third-order valence-corrected chi connectivity index (χ3v) is 6.54. The van der Waals surface area contributed by atoms with Gasteiger partial charge in [0.25, 0.3) is 11.8 Å². The molecule has 1 aromatic carbocycles. The maximum Gasteiger partial charge on any atom is 0.267 e. The van der Waals surface area contributed by atoms with Crippen molar-refractivity contribution in [3.63, 3.8) is 0 Å². The molecule has 3 aromatic rings. The Morgan fingerprint density at radius 1 is 1.17 bits per heavy atom. The number of hydrogen-bond donors (Lipinski definition) is 1. The van der Waals surface area contributed by atoms with Gasteiger partial charge in [0.15, 0.2) is 0 Å². The number of aromatic nitrogens is 3. The Morgan fingerprint density at radius 3 is 2.61 bits per heavy atom. The molecule has 2 aliphatic rings. The summed E-state index contributed by atoms with van der Waals surface area (Å²) in [5.41, 5.74) is 6.13. The topological polar surface area (TPSA) is 97.3 Å². The van der Waals surface area contributed by atoms with Crippen LogP contribution >= 0.6 is 0 Å². The van der Waals surface area contributed by atoms with Crippen LogP contribution in [0.4, 0.5) is 27.8 Å². The standard InChI is InChI=1S/C23H21F5N6O2/c24-7-15-6-23(27,28)11-33(15)19(35)10-34-17-5-14(25)4-16(26)20(17)21(31-34)13-8-32(9-13)22(36)12-1-2-30-18(29)3-12/h1-5,13,15H,6-11H2,(H2,29,30)/t15-/m0/s1. The lowest BCUT2D eigenvalue weighted by Gasteiger charge is -2.38. The molecule has 13 heteroatoms. The second-order valence-corrected chi connectivity index (χ2v) is 9.09. The van der Waals surface area contributed by atoms with E-state index >= 15 is 0 Å². The number of carbonyl (C=O) groups excluding carboxylic acids is 2. The van der Waals surface area contributed by atoms with Crippen LogP contribution in [-0.2, 0) is 11.3 Å². The van der Waals surface area contributed by atoms with Crippen LogP contribution in [0, 0.1) is 11.6 Å². The Hall–Kier alpha value is -3.77. The van der Waals surface area contributed by atoms with Crippen LogP contribution in [0.15, 0.2) is 30.5 Å². The fraction of sp³-hybridized carbons (Fsp3) is 0.391. The summed E-state index contributed by atoms with van der Waals surface area (Å²) in [6.07, 6.45) is 0.609.